The predicted octanol–water partition coefficient (Wildman–Crippen LogP) is 0.726. The van der Waals surface area contributed by atoms with Crippen LogP contribution in [-0.2, 0) is 4.79 Å². The third kappa shape index (κ3) is 2.51. The van der Waals surface area contributed by atoms with Crippen molar-refractivity contribution in [1.29, 1.82) is 0 Å². The van der Waals surface area contributed by atoms with Crippen LogP contribution in [0.15, 0.2) is 12.4 Å². The largest absolute Gasteiger partial charge is 0.302 e. The second-order valence-corrected chi connectivity index (χ2v) is 2.19. The summed E-state index contributed by atoms with van der Waals surface area (Å²) >= 11 is 0. The molecule has 0 aliphatic heterocycles. The van der Waals surface area contributed by atoms with Crippen LogP contribution in [0.4, 0.5) is 0 Å². The lowest BCUT2D eigenvalue weighted by atomic mass is 10.3. The molecular weight excluding hydrogens is 152 g/mol. The van der Waals surface area contributed by atoms with Crippen molar-refractivity contribution in [2.24, 2.45) is 0 Å². The Bertz CT molecular complexity index is 319. The molecule has 0 saturated carbocycles. The van der Waals surface area contributed by atoms with Crippen LogP contribution in [0.1, 0.15) is 17.8 Å². The van der Waals surface area contributed by atoms with Gasteiger partial charge in [0.15, 0.2) is 0 Å². The van der Waals surface area contributed by atoms with Crippen LogP contribution in [0, 0.1) is 18.8 Å². The average molecular weight is 160 g/mol. The van der Waals surface area contributed by atoms with Crippen LogP contribution < -0.4 is 0 Å². The topological polar surface area (TPSA) is 42.9 Å². The first-order valence-corrected chi connectivity index (χ1v) is 3.54. The van der Waals surface area contributed by atoms with Crippen LogP contribution in [-0.4, -0.2) is 16.3 Å². The molecule has 60 valence electrons. The zero-order valence-corrected chi connectivity index (χ0v) is 6.74. The highest BCUT2D eigenvalue weighted by Gasteiger charge is 1.86. The van der Waals surface area contributed by atoms with E-state index in [1.807, 2.05) is 6.92 Å². The summed E-state index contributed by atoms with van der Waals surface area (Å²) in [5, 5.41) is 0. The molecule has 0 atom stereocenters. The molecule has 0 N–H and O–H groups in total. The molecule has 0 radical (unpaired) electrons. The van der Waals surface area contributed by atoms with Gasteiger partial charge in [0.05, 0.1) is 12.0 Å². The van der Waals surface area contributed by atoms with Crippen molar-refractivity contribution in [3.05, 3.63) is 23.8 Å². The average Bonchev–Trinajstić information content (AvgIpc) is 2.09. The maximum Gasteiger partial charge on any atom is 0.131 e. The fraction of sp³-hybridized carbons (Fsp3) is 0.222. The fourth-order valence-electron chi connectivity index (χ4n) is 0.652. The number of aromatic nitrogens is 2. The van der Waals surface area contributed by atoms with Gasteiger partial charge in [-0.3, -0.25) is 0 Å². The van der Waals surface area contributed by atoms with Crippen LogP contribution in [0.5, 0.6) is 0 Å². The number of rotatable bonds is 1. The number of aryl methyl sites for hydroxylation is 1. The highest BCUT2D eigenvalue weighted by molar-refractivity contribution is 5.54. The zero-order chi connectivity index (χ0) is 8.81. The summed E-state index contributed by atoms with van der Waals surface area (Å²) in [5.41, 5.74) is 0.738. The Hall–Kier alpha value is -1.69. The van der Waals surface area contributed by atoms with Crippen molar-refractivity contribution >= 4 is 6.29 Å². The highest BCUT2D eigenvalue weighted by atomic mass is 16.1. The maximum absolute atomic E-state index is 9.92. The number of hydrogen-bond acceptors (Lipinski definition) is 3. The lowest BCUT2D eigenvalue weighted by Gasteiger charge is -1.89. The lowest BCUT2D eigenvalue weighted by molar-refractivity contribution is -0.107. The van der Waals surface area contributed by atoms with Crippen molar-refractivity contribution in [2.75, 3.05) is 0 Å². The van der Waals surface area contributed by atoms with Gasteiger partial charge in [0.25, 0.3) is 0 Å². The maximum atomic E-state index is 9.92. The van der Waals surface area contributed by atoms with E-state index in [-0.39, 0.29) is 6.42 Å². The number of carbonyl (C=O) groups excluding carboxylic acids is 1. The van der Waals surface area contributed by atoms with Gasteiger partial charge in [0.2, 0.25) is 0 Å². The molecule has 0 amide bonds. The summed E-state index contributed by atoms with van der Waals surface area (Å²) in [6, 6.07) is 0. The van der Waals surface area contributed by atoms with E-state index in [0.29, 0.717) is 0 Å². The molecule has 12 heavy (non-hydrogen) atoms. The first-order valence-electron chi connectivity index (χ1n) is 3.54. The molecule has 0 unspecified atom stereocenters. The zero-order valence-electron chi connectivity index (χ0n) is 6.74. The summed E-state index contributed by atoms with van der Waals surface area (Å²) in [7, 11) is 0. The van der Waals surface area contributed by atoms with Gasteiger partial charge < -0.3 is 4.79 Å². The number of nitrogens with zero attached hydrogens (tertiary/aromatic N) is 2. The molecule has 0 spiro atoms. The van der Waals surface area contributed by atoms with Crippen molar-refractivity contribution < 1.29 is 4.79 Å². The van der Waals surface area contributed by atoms with E-state index in [4.69, 9.17) is 0 Å². The van der Waals surface area contributed by atoms with Crippen LogP contribution in [0.25, 0.3) is 0 Å². The van der Waals surface area contributed by atoms with E-state index in [0.717, 1.165) is 17.7 Å². The molecular formula is C9H8N2O. The quantitative estimate of drug-likeness (QED) is 0.449. The standard InChI is InChI=1S/C9H8N2O/c1-8-10-6-9(7-11-8)4-2-3-5-12/h5-7H,3H2,1H3. The smallest absolute Gasteiger partial charge is 0.131 e. The Morgan fingerprint density at radius 1 is 1.50 bits per heavy atom. The van der Waals surface area contributed by atoms with Gasteiger partial charge in [-0.15, -0.1) is 0 Å². The Kier molecular flexibility index (Phi) is 2.97. The van der Waals surface area contributed by atoms with Gasteiger partial charge in [-0.1, -0.05) is 11.8 Å². The molecule has 0 bridgehead atoms. The van der Waals surface area contributed by atoms with Gasteiger partial charge in [0.1, 0.15) is 12.1 Å². The summed E-state index contributed by atoms with van der Waals surface area (Å²) in [6.45, 7) is 1.81. The molecule has 0 aliphatic carbocycles. The Balaban J connectivity index is 2.72. The van der Waals surface area contributed by atoms with Crippen LogP contribution >= 0.6 is 0 Å². The molecule has 0 fully saturated rings. The minimum absolute atomic E-state index is 0.258. The van der Waals surface area contributed by atoms with Gasteiger partial charge in [-0.25, -0.2) is 9.97 Å². The molecule has 1 aromatic heterocycles. The number of hydrogen-bond donors (Lipinski definition) is 0. The normalized spacial score (nSPS) is 8.42. The summed E-state index contributed by atoms with van der Waals surface area (Å²) in [5.74, 6) is 6.16. The summed E-state index contributed by atoms with van der Waals surface area (Å²) < 4.78 is 0. The SMILES string of the molecule is Cc1ncc(C#CCC=O)cn1. The van der Waals surface area contributed by atoms with Crippen molar-refractivity contribution in [3.8, 4) is 11.8 Å². The van der Waals surface area contributed by atoms with Crippen LogP contribution in [0.2, 0.25) is 0 Å². The third-order valence-electron chi connectivity index (χ3n) is 1.20. The molecule has 0 saturated heterocycles. The molecule has 3 nitrogen and oxygen atoms in total. The predicted molar refractivity (Wildman–Crippen MR) is 44.3 cm³/mol. The molecule has 1 rings (SSSR count). The highest BCUT2D eigenvalue weighted by Crippen LogP contribution is 1.91. The first kappa shape index (κ1) is 8.41. The second-order valence-electron chi connectivity index (χ2n) is 2.19. The van der Waals surface area contributed by atoms with E-state index in [9.17, 15) is 4.79 Å². The molecule has 0 aliphatic rings. The Morgan fingerprint density at radius 2 is 2.17 bits per heavy atom. The monoisotopic (exact) mass is 160 g/mol. The van der Waals surface area contributed by atoms with E-state index in [1.165, 1.54) is 0 Å². The van der Waals surface area contributed by atoms with Crippen LogP contribution in [0.3, 0.4) is 0 Å². The molecule has 0 aromatic carbocycles. The van der Waals surface area contributed by atoms with E-state index >= 15 is 0 Å². The molecule has 3 heteroatoms. The van der Waals surface area contributed by atoms with Gasteiger partial charge in [0, 0.05) is 12.4 Å². The van der Waals surface area contributed by atoms with E-state index < -0.39 is 0 Å². The minimum atomic E-state index is 0.258. The fourth-order valence-corrected chi connectivity index (χ4v) is 0.652. The van der Waals surface area contributed by atoms with Crippen molar-refractivity contribution in [1.82, 2.24) is 9.97 Å². The molecule has 1 aromatic rings. The minimum Gasteiger partial charge on any atom is -0.302 e. The van der Waals surface area contributed by atoms with Gasteiger partial charge >= 0.3 is 0 Å². The summed E-state index contributed by atoms with van der Waals surface area (Å²) in [4.78, 5) is 17.8. The first-order chi connectivity index (χ1) is 5.83. The van der Waals surface area contributed by atoms with Gasteiger partial charge in [-0.2, -0.15) is 0 Å². The number of aldehydes is 1. The van der Waals surface area contributed by atoms with Gasteiger partial charge in [-0.05, 0) is 6.92 Å². The Labute approximate surface area is 70.9 Å². The van der Waals surface area contributed by atoms with Crippen molar-refractivity contribution in [2.45, 2.75) is 13.3 Å². The summed E-state index contributed by atoms with van der Waals surface area (Å²) in [6.07, 6.45) is 4.30. The van der Waals surface area contributed by atoms with E-state index in [2.05, 4.69) is 21.8 Å². The Morgan fingerprint density at radius 3 is 2.75 bits per heavy atom. The number of carbonyl (C=O) groups is 1. The molecule has 1 heterocycles. The lowest BCUT2D eigenvalue weighted by Crippen LogP contribution is -1.86. The third-order valence-corrected chi connectivity index (χ3v) is 1.20. The van der Waals surface area contributed by atoms with E-state index in [1.54, 1.807) is 12.4 Å². The second kappa shape index (κ2) is 4.24. The van der Waals surface area contributed by atoms with Crippen molar-refractivity contribution in [3.63, 3.8) is 0 Å².